The first-order chi connectivity index (χ1) is 10.8. The Kier molecular flexibility index (Phi) is 3.96. The number of hydrogen-bond donors (Lipinski definition) is 1. The number of thiophene rings is 1. The van der Waals surface area contributed by atoms with Gasteiger partial charge in [-0.2, -0.15) is 0 Å². The molecular formula is C17H24N2O2S. The number of ether oxygens (including phenoxy) is 1. The highest BCUT2D eigenvalue weighted by molar-refractivity contribution is 7.10. The fraction of sp³-hybridized carbons (Fsp3) is 0.706. The van der Waals surface area contributed by atoms with Gasteiger partial charge in [-0.05, 0) is 55.7 Å². The second kappa shape index (κ2) is 5.95. The first-order valence-corrected chi connectivity index (χ1v) is 9.39. The number of likely N-dealkylation sites (tertiary alicyclic amines) is 1. The zero-order valence-corrected chi connectivity index (χ0v) is 13.8. The Balaban J connectivity index is 1.44. The topological polar surface area (TPSA) is 41.6 Å². The van der Waals surface area contributed by atoms with Crippen LogP contribution < -0.4 is 5.32 Å². The molecule has 0 bridgehead atoms. The average molecular weight is 320 g/mol. The number of nitrogens with zero attached hydrogens (tertiary/aromatic N) is 1. The molecule has 0 aromatic carbocycles. The summed E-state index contributed by atoms with van der Waals surface area (Å²) >= 11 is 1.83. The third-order valence-electron chi connectivity index (χ3n) is 5.40. The molecule has 0 saturated carbocycles. The third-order valence-corrected chi connectivity index (χ3v) is 6.54. The average Bonchev–Trinajstić information content (AvgIpc) is 3.06. The van der Waals surface area contributed by atoms with Gasteiger partial charge in [0, 0.05) is 18.0 Å². The fourth-order valence-corrected chi connectivity index (χ4v) is 5.26. The summed E-state index contributed by atoms with van der Waals surface area (Å²) in [4.78, 5) is 16.1. The van der Waals surface area contributed by atoms with Crippen molar-refractivity contribution in [1.82, 2.24) is 10.2 Å². The van der Waals surface area contributed by atoms with Crippen LogP contribution in [0.5, 0.6) is 0 Å². The molecule has 1 atom stereocenters. The van der Waals surface area contributed by atoms with Gasteiger partial charge in [0.15, 0.2) is 0 Å². The van der Waals surface area contributed by atoms with E-state index in [0.29, 0.717) is 5.91 Å². The van der Waals surface area contributed by atoms with Crippen molar-refractivity contribution in [2.75, 3.05) is 26.2 Å². The lowest BCUT2D eigenvalue weighted by Crippen LogP contribution is -2.53. The van der Waals surface area contributed by atoms with E-state index in [-0.39, 0.29) is 11.6 Å². The van der Waals surface area contributed by atoms with Gasteiger partial charge >= 0.3 is 0 Å². The molecule has 0 radical (unpaired) electrons. The van der Waals surface area contributed by atoms with Crippen LogP contribution in [0.1, 0.15) is 42.5 Å². The van der Waals surface area contributed by atoms with Crippen LogP contribution in [-0.2, 0) is 21.6 Å². The van der Waals surface area contributed by atoms with Gasteiger partial charge in [-0.1, -0.05) is 6.42 Å². The minimum Gasteiger partial charge on any atom is -0.369 e. The minimum atomic E-state index is -0.113. The standard InChI is InChI=1S/C17H24N2O2S/c20-16(14-3-1-2-8-18-14)19-9-6-17(7-10-19)15-13(4-11-21-17)5-12-22-15/h5,12,14,18H,1-4,6-11H2/t14-/m1/s1. The van der Waals surface area contributed by atoms with Crippen LogP contribution in [0.3, 0.4) is 0 Å². The van der Waals surface area contributed by atoms with Crippen molar-refractivity contribution in [2.24, 2.45) is 0 Å². The van der Waals surface area contributed by atoms with Crippen molar-refractivity contribution in [3.63, 3.8) is 0 Å². The fourth-order valence-electron chi connectivity index (χ4n) is 4.10. The summed E-state index contributed by atoms with van der Waals surface area (Å²) in [7, 11) is 0. The Morgan fingerprint density at radius 2 is 2.23 bits per heavy atom. The molecule has 4 nitrogen and oxygen atoms in total. The van der Waals surface area contributed by atoms with Gasteiger partial charge in [0.05, 0.1) is 12.6 Å². The zero-order valence-electron chi connectivity index (χ0n) is 13.0. The molecule has 3 aliphatic heterocycles. The minimum absolute atomic E-state index is 0.0485. The zero-order chi connectivity index (χ0) is 15.0. The molecular weight excluding hydrogens is 296 g/mol. The molecule has 120 valence electrons. The molecule has 4 heterocycles. The molecule has 0 unspecified atom stereocenters. The number of piperidine rings is 2. The van der Waals surface area contributed by atoms with E-state index in [2.05, 4.69) is 21.7 Å². The van der Waals surface area contributed by atoms with Crippen LogP contribution in [0.25, 0.3) is 0 Å². The molecule has 3 aliphatic rings. The van der Waals surface area contributed by atoms with E-state index in [0.717, 1.165) is 51.9 Å². The van der Waals surface area contributed by atoms with Gasteiger partial charge in [-0.15, -0.1) is 11.3 Å². The summed E-state index contributed by atoms with van der Waals surface area (Å²) in [5, 5.41) is 5.56. The molecule has 5 heteroatoms. The molecule has 1 aromatic rings. The molecule has 2 saturated heterocycles. The monoisotopic (exact) mass is 320 g/mol. The van der Waals surface area contributed by atoms with Crippen molar-refractivity contribution in [3.05, 3.63) is 21.9 Å². The van der Waals surface area contributed by atoms with E-state index < -0.39 is 0 Å². The van der Waals surface area contributed by atoms with Crippen LogP contribution in [0, 0.1) is 0 Å². The second-order valence-electron chi connectivity index (χ2n) is 6.70. The van der Waals surface area contributed by atoms with Crippen molar-refractivity contribution in [1.29, 1.82) is 0 Å². The van der Waals surface area contributed by atoms with Gasteiger partial charge in [0.25, 0.3) is 0 Å². The van der Waals surface area contributed by atoms with Crippen molar-refractivity contribution < 1.29 is 9.53 Å². The predicted molar refractivity (Wildman–Crippen MR) is 87.1 cm³/mol. The highest BCUT2D eigenvalue weighted by Crippen LogP contribution is 2.44. The molecule has 4 rings (SSSR count). The number of hydrogen-bond acceptors (Lipinski definition) is 4. The van der Waals surface area contributed by atoms with Gasteiger partial charge in [-0.3, -0.25) is 4.79 Å². The van der Waals surface area contributed by atoms with E-state index in [1.54, 1.807) is 0 Å². The maximum absolute atomic E-state index is 12.6. The van der Waals surface area contributed by atoms with Crippen LogP contribution in [0.4, 0.5) is 0 Å². The predicted octanol–water partition coefficient (Wildman–Crippen LogP) is 2.28. The molecule has 1 amide bonds. The van der Waals surface area contributed by atoms with Gasteiger partial charge in [0.2, 0.25) is 5.91 Å². The Labute approximate surface area is 135 Å². The lowest BCUT2D eigenvalue weighted by molar-refractivity contribution is -0.142. The van der Waals surface area contributed by atoms with E-state index in [1.165, 1.54) is 23.3 Å². The summed E-state index contributed by atoms with van der Waals surface area (Å²) in [5.74, 6) is 0.303. The quantitative estimate of drug-likeness (QED) is 0.863. The lowest BCUT2D eigenvalue weighted by atomic mass is 9.85. The SMILES string of the molecule is O=C([C@H]1CCCCN1)N1CCC2(CC1)OCCc1ccsc12. The van der Waals surface area contributed by atoms with Gasteiger partial charge in [-0.25, -0.2) is 0 Å². The molecule has 22 heavy (non-hydrogen) atoms. The summed E-state index contributed by atoms with van der Waals surface area (Å²) in [6.45, 7) is 3.46. The van der Waals surface area contributed by atoms with Crippen LogP contribution in [0.2, 0.25) is 0 Å². The van der Waals surface area contributed by atoms with Crippen molar-refractivity contribution in [2.45, 2.75) is 50.2 Å². The second-order valence-corrected chi connectivity index (χ2v) is 7.61. The van der Waals surface area contributed by atoms with Crippen LogP contribution in [0.15, 0.2) is 11.4 Å². The summed E-state index contributed by atoms with van der Waals surface area (Å²) in [6.07, 6.45) is 6.28. The highest BCUT2D eigenvalue weighted by atomic mass is 32.1. The Morgan fingerprint density at radius 3 is 3.00 bits per heavy atom. The Hall–Kier alpha value is -0.910. The van der Waals surface area contributed by atoms with E-state index in [1.807, 2.05) is 11.3 Å². The smallest absolute Gasteiger partial charge is 0.239 e. The highest BCUT2D eigenvalue weighted by Gasteiger charge is 2.43. The lowest BCUT2D eigenvalue weighted by Gasteiger charge is -2.44. The summed E-state index contributed by atoms with van der Waals surface area (Å²) < 4.78 is 6.22. The van der Waals surface area contributed by atoms with Crippen molar-refractivity contribution in [3.8, 4) is 0 Å². The number of carbonyl (C=O) groups excluding carboxylic acids is 1. The number of amides is 1. The van der Waals surface area contributed by atoms with Gasteiger partial charge < -0.3 is 15.0 Å². The molecule has 2 fully saturated rings. The molecule has 1 N–H and O–H groups in total. The van der Waals surface area contributed by atoms with Crippen molar-refractivity contribution >= 4 is 17.2 Å². The number of fused-ring (bicyclic) bond motifs is 2. The van der Waals surface area contributed by atoms with Crippen LogP contribution >= 0.6 is 11.3 Å². The van der Waals surface area contributed by atoms with Gasteiger partial charge in [0.1, 0.15) is 5.60 Å². The molecule has 0 aliphatic carbocycles. The Bertz CT molecular complexity index is 543. The largest absolute Gasteiger partial charge is 0.369 e. The summed E-state index contributed by atoms with van der Waals surface area (Å²) in [5.41, 5.74) is 1.35. The maximum Gasteiger partial charge on any atom is 0.239 e. The first kappa shape index (κ1) is 14.7. The molecule has 1 aromatic heterocycles. The number of nitrogens with one attached hydrogen (secondary N) is 1. The number of carbonyl (C=O) groups is 1. The third kappa shape index (κ3) is 2.49. The molecule has 1 spiro atoms. The van der Waals surface area contributed by atoms with E-state index in [9.17, 15) is 4.79 Å². The van der Waals surface area contributed by atoms with E-state index in [4.69, 9.17) is 4.74 Å². The summed E-state index contributed by atoms with van der Waals surface area (Å²) in [6, 6.07) is 2.29. The number of rotatable bonds is 1. The van der Waals surface area contributed by atoms with Crippen LogP contribution in [-0.4, -0.2) is 43.1 Å². The van der Waals surface area contributed by atoms with E-state index >= 15 is 0 Å². The Morgan fingerprint density at radius 1 is 1.36 bits per heavy atom. The maximum atomic E-state index is 12.6. The normalized spacial score (nSPS) is 27.6. The first-order valence-electron chi connectivity index (χ1n) is 8.51.